The number of nitrogens with zero attached hydrogens (tertiary/aromatic N) is 5. The number of likely N-dealkylation sites (N-methyl/N-ethyl adjacent to an activating group) is 1. The maximum Gasteiger partial charge on any atom is 0.227 e. The molecule has 0 saturated carbocycles. The van der Waals surface area contributed by atoms with E-state index in [9.17, 15) is 4.79 Å². The van der Waals surface area contributed by atoms with E-state index >= 15 is 0 Å². The van der Waals surface area contributed by atoms with Crippen molar-refractivity contribution in [2.45, 2.75) is 34.1 Å². The van der Waals surface area contributed by atoms with Gasteiger partial charge in [-0.1, -0.05) is 36.8 Å². The minimum Gasteiger partial charge on any atom is -0.340 e. The minimum atomic E-state index is 0.191. The molecule has 0 radical (unpaired) electrons. The van der Waals surface area contributed by atoms with Gasteiger partial charge in [-0.2, -0.15) is 5.10 Å². The number of carbonyl (C=O) groups is 1. The molecule has 1 aliphatic heterocycles. The second kappa shape index (κ2) is 8.70. The van der Waals surface area contributed by atoms with Crippen LogP contribution in [0, 0.1) is 20.8 Å². The van der Waals surface area contributed by atoms with Gasteiger partial charge in [0.05, 0.1) is 17.8 Å². The summed E-state index contributed by atoms with van der Waals surface area (Å²) in [6.07, 6.45) is 0.403. The monoisotopic (exact) mass is 423 g/mol. The molecule has 4 rings (SSSR count). The molecule has 0 unspecified atom stereocenters. The van der Waals surface area contributed by atoms with Gasteiger partial charge >= 0.3 is 0 Å². The van der Waals surface area contributed by atoms with Gasteiger partial charge in [0, 0.05) is 48.4 Å². The molecule has 2 aromatic heterocycles. The van der Waals surface area contributed by atoms with Crippen LogP contribution in [0.25, 0.3) is 16.4 Å². The number of carbonyl (C=O) groups excluding carboxylic acids is 1. The quantitative estimate of drug-likeness (QED) is 0.629. The first-order valence-electron chi connectivity index (χ1n) is 10.5. The van der Waals surface area contributed by atoms with E-state index in [4.69, 9.17) is 10.1 Å². The molecule has 1 fully saturated rings. The fourth-order valence-electron chi connectivity index (χ4n) is 3.91. The molecular formula is C23H29N5OS. The lowest BCUT2D eigenvalue weighted by Gasteiger charge is -2.34. The van der Waals surface area contributed by atoms with Gasteiger partial charge < -0.3 is 9.80 Å². The van der Waals surface area contributed by atoms with Crippen molar-refractivity contribution >= 4 is 17.2 Å². The number of hydrogen-bond donors (Lipinski definition) is 0. The van der Waals surface area contributed by atoms with E-state index in [-0.39, 0.29) is 5.91 Å². The molecule has 1 aromatic carbocycles. The van der Waals surface area contributed by atoms with E-state index in [2.05, 4.69) is 48.4 Å². The summed E-state index contributed by atoms with van der Waals surface area (Å²) >= 11 is 1.58. The van der Waals surface area contributed by atoms with Gasteiger partial charge in [0.2, 0.25) is 11.0 Å². The van der Waals surface area contributed by atoms with E-state index in [1.165, 1.54) is 5.56 Å². The van der Waals surface area contributed by atoms with Crippen molar-refractivity contribution in [1.29, 1.82) is 0 Å². The fourth-order valence-corrected chi connectivity index (χ4v) is 4.75. The van der Waals surface area contributed by atoms with Crippen molar-refractivity contribution in [2.75, 3.05) is 32.7 Å². The summed E-state index contributed by atoms with van der Waals surface area (Å²) in [6, 6.07) is 8.39. The first-order chi connectivity index (χ1) is 14.5. The fraction of sp³-hybridized carbons (Fsp3) is 0.435. The van der Waals surface area contributed by atoms with Crippen molar-refractivity contribution in [1.82, 2.24) is 24.6 Å². The maximum atomic E-state index is 12.9. The topological polar surface area (TPSA) is 54.3 Å². The second-order valence-corrected chi connectivity index (χ2v) is 8.77. The smallest absolute Gasteiger partial charge is 0.227 e. The predicted molar refractivity (Wildman–Crippen MR) is 121 cm³/mol. The standard InChI is InChI=1S/C23H29N5OS/c1-5-26-10-12-27(13-11-26)22(29)14-20-17(3)25-28(18(20)4)23-24-21(15-30-23)19-8-6-16(2)7-9-19/h6-9,15H,5,10-14H2,1-4H3. The predicted octanol–water partition coefficient (Wildman–Crippen LogP) is 3.63. The molecule has 30 heavy (non-hydrogen) atoms. The summed E-state index contributed by atoms with van der Waals surface area (Å²) in [6.45, 7) is 12.9. The lowest BCUT2D eigenvalue weighted by Crippen LogP contribution is -2.48. The number of amides is 1. The Morgan fingerprint density at radius 2 is 1.77 bits per heavy atom. The summed E-state index contributed by atoms with van der Waals surface area (Å²) in [4.78, 5) is 22.1. The molecule has 1 aliphatic rings. The van der Waals surface area contributed by atoms with Gasteiger partial charge in [0.15, 0.2) is 0 Å². The van der Waals surface area contributed by atoms with Crippen molar-refractivity contribution in [3.8, 4) is 16.4 Å². The third-order valence-corrected chi connectivity index (χ3v) is 6.78. The highest BCUT2D eigenvalue weighted by molar-refractivity contribution is 7.12. The van der Waals surface area contributed by atoms with Crippen LogP contribution >= 0.6 is 11.3 Å². The van der Waals surface area contributed by atoms with Crippen LogP contribution in [0.15, 0.2) is 29.6 Å². The van der Waals surface area contributed by atoms with Crippen molar-refractivity contribution in [2.24, 2.45) is 0 Å². The Kier molecular flexibility index (Phi) is 6.01. The third kappa shape index (κ3) is 4.18. The summed E-state index contributed by atoms with van der Waals surface area (Å²) in [7, 11) is 0. The zero-order valence-corrected chi connectivity index (χ0v) is 19.0. The number of aryl methyl sites for hydroxylation is 2. The van der Waals surface area contributed by atoms with E-state index in [0.29, 0.717) is 6.42 Å². The van der Waals surface area contributed by atoms with Gasteiger partial charge in [0.1, 0.15) is 0 Å². The Bertz CT molecular complexity index is 1030. The van der Waals surface area contributed by atoms with Gasteiger partial charge in [-0.3, -0.25) is 4.79 Å². The molecular weight excluding hydrogens is 394 g/mol. The number of piperazine rings is 1. The number of hydrogen-bond acceptors (Lipinski definition) is 5. The Balaban J connectivity index is 1.51. The molecule has 7 heteroatoms. The van der Waals surface area contributed by atoms with Crippen LogP contribution in [-0.4, -0.2) is 63.2 Å². The molecule has 3 heterocycles. The molecule has 0 N–H and O–H groups in total. The maximum absolute atomic E-state index is 12.9. The van der Waals surface area contributed by atoms with Crippen molar-refractivity contribution in [3.63, 3.8) is 0 Å². The van der Waals surface area contributed by atoms with Crippen LogP contribution in [-0.2, 0) is 11.2 Å². The number of aromatic nitrogens is 3. The normalized spacial score (nSPS) is 15.0. The average molecular weight is 424 g/mol. The van der Waals surface area contributed by atoms with E-state index < -0.39 is 0 Å². The third-order valence-electron chi connectivity index (χ3n) is 5.96. The molecule has 0 spiro atoms. The van der Waals surface area contributed by atoms with Gasteiger partial charge in [-0.15, -0.1) is 11.3 Å². The van der Waals surface area contributed by atoms with Crippen molar-refractivity contribution < 1.29 is 4.79 Å². The Hall–Kier alpha value is -2.51. The SMILES string of the molecule is CCN1CCN(C(=O)Cc2c(C)nn(-c3nc(-c4ccc(C)cc4)cs3)c2C)CC1. The first kappa shape index (κ1) is 20.8. The highest BCUT2D eigenvalue weighted by Gasteiger charge is 2.23. The number of rotatable bonds is 5. The van der Waals surface area contributed by atoms with Gasteiger partial charge in [-0.25, -0.2) is 9.67 Å². The molecule has 1 saturated heterocycles. The molecule has 0 bridgehead atoms. The molecule has 1 amide bonds. The molecule has 0 aliphatic carbocycles. The zero-order chi connectivity index (χ0) is 21.3. The lowest BCUT2D eigenvalue weighted by atomic mass is 10.1. The molecule has 158 valence electrons. The van der Waals surface area contributed by atoms with Crippen LogP contribution in [0.1, 0.15) is 29.4 Å². The summed E-state index contributed by atoms with van der Waals surface area (Å²) in [5.74, 6) is 0.191. The number of thiazole rings is 1. The molecule has 3 aromatic rings. The Morgan fingerprint density at radius 1 is 1.07 bits per heavy atom. The lowest BCUT2D eigenvalue weighted by molar-refractivity contribution is -0.132. The van der Waals surface area contributed by atoms with Crippen LogP contribution in [0.4, 0.5) is 0 Å². The largest absolute Gasteiger partial charge is 0.340 e. The van der Waals surface area contributed by atoms with E-state index in [1.807, 2.05) is 23.4 Å². The first-order valence-corrected chi connectivity index (χ1v) is 11.4. The van der Waals surface area contributed by atoms with Gasteiger partial charge in [-0.05, 0) is 27.3 Å². The van der Waals surface area contributed by atoms with Crippen LogP contribution in [0.2, 0.25) is 0 Å². The highest BCUT2D eigenvalue weighted by Crippen LogP contribution is 2.26. The summed E-state index contributed by atoms with van der Waals surface area (Å²) < 4.78 is 1.88. The van der Waals surface area contributed by atoms with Crippen molar-refractivity contribution in [3.05, 3.63) is 52.2 Å². The zero-order valence-electron chi connectivity index (χ0n) is 18.2. The number of benzene rings is 1. The van der Waals surface area contributed by atoms with E-state index in [1.54, 1.807) is 11.3 Å². The summed E-state index contributed by atoms with van der Waals surface area (Å²) in [5.41, 5.74) is 6.21. The van der Waals surface area contributed by atoms with Crippen LogP contribution in [0.3, 0.4) is 0 Å². The highest BCUT2D eigenvalue weighted by atomic mass is 32.1. The minimum absolute atomic E-state index is 0.191. The summed E-state index contributed by atoms with van der Waals surface area (Å²) in [5, 5.41) is 7.61. The molecule has 6 nitrogen and oxygen atoms in total. The van der Waals surface area contributed by atoms with E-state index in [0.717, 1.165) is 66.1 Å². The average Bonchev–Trinajstić information content (AvgIpc) is 3.35. The van der Waals surface area contributed by atoms with Crippen LogP contribution < -0.4 is 0 Å². The van der Waals surface area contributed by atoms with Crippen LogP contribution in [0.5, 0.6) is 0 Å². The second-order valence-electron chi connectivity index (χ2n) is 7.93. The Labute approximate surface area is 182 Å². The Morgan fingerprint density at radius 3 is 2.43 bits per heavy atom. The van der Waals surface area contributed by atoms with Gasteiger partial charge in [0.25, 0.3) is 0 Å². The molecule has 0 atom stereocenters.